The van der Waals surface area contributed by atoms with E-state index in [-0.39, 0.29) is 0 Å². The number of anilines is 2. The predicted molar refractivity (Wildman–Crippen MR) is 155 cm³/mol. The predicted octanol–water partition coefficient (Wildman–Crippen LogP) is 7.59. The van der Waals surface area contributed by atoms with Gasteiger partial charge in [0.15, 0.2) is 0 Å². The minimum absolute atomic E-state index is 0.788. The molecule has 2 heterocycles. The molecule has 0 atom stereocenters. The first-order valence-corrected chi connectivity index (χ1v) is 13.4. The number of unbranched alkanes of at least 4 members (excludes halogenated alkanes) is 1. The maximum atomic E-state index is 4.53. The molecule has 2 aromatic heterocycles. The molecule has 37 heavy (non-hydrogen) atoms. The summed E-state index contributed by atoms with van der Waals surface area (Å²) in [6.07, 6.45) is 10.9. The Hall–Kier alpha value is -3.89. The van der Waals surface area contributed by atoms with E-state index in [9.17, 15) is 0 Å². The SMILES string of the molecule is c1ccc(CCCCNCc2cc(Nc3ccc(CCCc4c[nH]c5ccccc45)cc3)ccn2)cc1. The third-order valence-corrected chi connectivity index (χ3v) is 6.86. The average Bonchev–Trinajstić information content (AvgIpc) is 3.35. The van der Waals surface area contributed by atoms with Crippen LogP contribution in [0.2, 0.25) is 0 Å². The number of H-pyrrole nitrogens is 1. The number of rotatable bonds is 13. The zero-order valence-corrected chi connectivity index (χ0v) is 21.4. The highest BCUT2D eigenvalue weighted by Crippen LogP contribution is 2.21. The summed E-state index contributed by atoms with van der Waals surface area (Å²) in [5, 5.41) is 8.41. The quantitative estimate of drug-likeness (QED) is 0.150. The van der Waals surface area contributed by atoms with Crippen LogP contribution in [0.15, 0.2) is 103 Å². The molecule has 3 aromatic carbocycles. The second kappa shape index (κ2) is 12.9. The summed E-state index contributed by atoms with van der Waals surface area (Å²) >= 11 is 0. The summed E-state index contributed by atoms with van der Waals surface area (Å²) in [6, 6.07) is 32.2. The topological polar surface area (TPSA) is 52.7 Å². The first-order chi connectivity index (χ1) is 18.3. The van der Waals surface area contributed by atoms with Crippen LogP contribution in [0.25, 0.3) is 10.9 Å². The Kier molecular flexibility index (Phi) is 8.63. The van der Waals surface area contributed by atoms with Crippen molar-refractivity contribution in [2.75, 3.05) is 11.9 Å². The number of fused-ring (bicyclic) bond motifs is 1. The summed E-state index contributed by atoms with van der Waals surface area (Å²) in [4.78, 5) is 7.91. The summed E-state index contributed by atoms with van der Waals surface area (Å²) in [5.41, 5.74) is 8.65. The van der Waals surface area contributed by atoms with Gasteiger partial charge in [-0.1, -0.05) is 60.7 Å². The van der Waals surface area contributed by atoms with Crippen molar-refractivity contribution in [2.45, 2.75) is 45.1 Å². The highest BCUT2D eigenvalue weighted by atomic mass is 14.9. The van der Waals surface area contributed by atoms with Crippen LogP contribution in [0.3, 0.4) is 0 Å². The molecule has 0 aliphatic rings. The summed E-state index contributed by atoms with van der Waals surface area (Å²) in [5.74, 6) is 0. The third kappa shape index (κ3) is 7.31. The van der Waals surface area contributed by atoms with Gasteiger partial charge >= 0.3 is 0 Å². The Balaban J connectivity index is 1.03. The lowest BCUT2D eigenvalue weighted by Gasteiger charge is -2.10. The Labute approximate surface area is 220 Å². The van der Waals surface area contributed by atoms with Crippen molar-refractivity contribution in [2.24, 2.45) is 0 Å². The molecule has 3 N–H and O–H groups in total. The minimum atomic E-state index is 0.788. The molecule has 0 radical (unpaired) electrons. The van der Waals surface area contributed by atoms with Crippen molar-refractivity contribution in [3.05, 3.63) is 126 Å². The number of aromatic amines is 1. The number of aromatic nitrogens is 2. The second-order valence-electron chi connectivity index (χ2n) is 9.69. The molecule has 5 rings (SSSR count). The van der Waals surface area contributed by atoms with Gasteiger partial charge in [-0.3, -0.25) is 4.98 Å². The highest BCUT2D eigenvalue weighted by molar-refractivity contribution is 5.83. The summed E-state index contributed by atoms with van der Waals surface area (Å²) in [6.45, 7) is 1.80. The number of hydrogen-bond donors (Lipinski definition) is 3. The van der Waals surface area contributed by atoms with Crippen molar-refractivity contribution in [1.29, 1.82) is 0 Å². The minimum Gasteiger partial charge on any atom is -0.361 e. The highest BCUT2D eigenvalue weighted by Gasteiger charge is 2.04. The molecule has 0 spiro atoms. The summed E-state index contributed by atoms with van der Waals surface area (Å²) < 4.78 is 0. The van der Waals surface area contributed by atoms with Gasteiger partial charge in [-0.05, 0) is 92.1 Å². The molecule has 4 heteroatoms. The van der Waals surface area contributed by atoms with Crippen LogP contribution in [-0.4, -0.2) is 16.5 Å². The molecule has 0 bridgehead atoms. The normalized spacial score (nSPS) is 11.1. The molecular weight excluding hydrogens is 452 g/mol. The Morgan fingerprint density at radius 2 is 1.46 bits per heavy atom. The molecule has 0 unspecified atom stereocenters. The van der Waals surface area contributed by atoms with Gasteiger partial charge in [-0.25, -0.2) is 0 Å². The van der Waals surface area contributed by atoms with Gasteiger partial charge < -0.3 is 15.6 Å². The lowest BCUT2D eigenvalue weighted by molar-refractivity contribution is 0.616. The Bertz CT molecular complexity index is 1370. The zero-order valence-electron chi connectivity index (χ0n) is 21.4. The first-order valence-electron chi connectivity index (χ1n) is 13.4. The standard InChI is InChI=1S/C33H36N4/c1-2-9-26(10-3-1)11-6-7-21-34-25-31-23-30(20-22-35-31)37-29-18-16-27(17-19-29)12-8-13-28-24-36-33-15-5-4-14-32(28)33/h1-5,9-10,14-20,22-24,34,36H,6-8,11-13,21,25H2,(H,35,37). The van der Waals surface area contributed by atoms with Crippen molar-refractivity contribution in [3.8, 4) is 0 Å². The molecule has 0 amide bonds. The molecule has 0 aliphatic carbocycles. The van der Waals surface area contributed by atoms with Crippen LogP contribution in [0, 0.1) is 0 Å². The van der Waals surface area contributed by atoms with Gasteiger partial charge in [0.1, 0.15) is 0 Å². The van der Waals surface area contributed by atoms with Crippen molar-refractivity contribution < 1.29 is 0 Å². The van der Waals surface area contributed by atoms with Crippen LogP contribution >= 0.6 is 0 Å². The Morgan fingerprint density at radius 1 is 0.676 bits per heavy atom. The number of nitrogens with one attached hydrogen (secondary N) is 3. The maximum absolute atomic E-state index is 4.53. The molecular formula is C33H36N4. The fraction of sp³-hybridized carbons (Fsp3) is 0.242. The molecule has 4 nitrogen and oxygen atoms in total. The number of aryl methyl sites for hydroxylation is 3. The Morgan fingerprint density at radius 3 is 2.35 bits per heavy atom. The lowest BCUT2D eigenvalue weighted by Crippen LogP contribution is -2.15. The van der Waals surface area contributed by atoms with E-state index >= 15 is 0 Å². The van der Waals surface area contributed by atoms with E-state index in [0.29, 0.717) is 0 Å². The van der Waals surface area contributed by atoms with Crippen LogP contribution < -0.4 is 10.6 Å². The number of nitrogens with zero attached hydrogens (tertiary/aromatic N) is 1. The van der Waals surface area contributed by atoms with E-state index < -0.39 is 0 Å². The lowest BCUT2D eigenvalue weighted by atomic mass is 10.0. The van der Waals surface area contributed by atoms with Crippen LogP contribution in [0.4, 0.5) is 11.4 Å². The van der Waals surface area contributed by atoms with E-state index in [1.54, 1.807) is 0 Å². The van der Waals surface area contributed by atoms with E-state index in [1.807, 2.05) is 12.3 Å². The van der Waals surface area contributed by atoms with Crippen molar-refractivity contribution >= 4 is 22.3 Å². The molecule has 0 aliphatic heterocycles. The number of benzene rings is 3. The van der Waals surface area contributed by atoms with Crippen LogP contribution in [-0.2, 0) is 25.8 Å². The number of hydrogen-bond acceptors (Lipinski definition) is 3. The smallest absolute Gasteiger partial charge is 0.0562 e. The van der Waals surface area contributed by atoms with Crippen molar-refractivity contribution in [1.82, 2.24) is 15.3 Å². The van der Waals surface area contributed by atoms with Crippen LogP contribution in [0.5, 0.6) is 0 Å². The molecule has 0 fully saturated rings. The number of pyridine rings is 1. The van der Waals surface area contributed by atoms with E-state index in [0.717, 1.165) is 55.8 Å². The monoisotopic (exact) mass is 488 g/mol. The van der Waals surface area contributed by atoms with Gasteiger partial charge in [0.05, 0.1) is 5.69 Å². The molecule has 0 saturated carbocycles. The van der Waals surface area contributed by atoms with E-state index in [4.69, 9.17) is 0 Å². The van der Waals surface area contributed by atoms with Gasteiger partial charge in [0.25, 0.3) is 0 Å². The molecule has 5 aromatic rings. The van der Waals surface area contributed by atoms with Crippen LogP contribution in [0.1, 0.15) is 41.6 Å². The largest absolute Gasteiger partial charge is 0.361 e. The second-order valence-corrected chi connectivity index (χ2v) is 9.69. The average molecular weight is 489 g/mol. The first kappa shape index (κ1) is 24.8. The van der Waals surface area contributed by atoms with E-state index in [2.05, 4.69) is 112 Å². The van der Waals surface area contributed by atoms with Gasteiger partial charge in [0.2, 0.25) is 0 Å². The maximum Gasteiger partial charge on any atom is 0.0562 e. The molecule has 0 saturated heterocycles. The summed E-state index contributed by atoms with van der Waals surface area (Å²) in [7, 11) is 0. The van der Waals surface area contributed by atoms with Gasteiger partial charge in [0, 0.05) is 41.2 Å². The zero-order chi connectivity index (χ0) is 25.1. The van der Waals surface area contributed by atoms with Crippen molar-refractivity contribution in [3.63, 3.8) is 0 Å². The van der Waals surface area contributed by atoms with E-state index in [1.165, 1.54) is 40.4 Å². The number of para-hydroxylation sites is 1. The van der Waals surface area contributed by atoms with Gasteiger partial charge in [-0.15, -0.1) is 0 Å². The fourth-order valence-corrected chi connectivity index (χ4v) is 4.84. The third-order valence-electron chi connectivity index (χ3n) is 6.86. The fourth-order valence-electron chi connectivity index (χ4n) is 4.84. The molecule has 188 valence electrons. The van der Waals surface area contributed by atoms with Gasteiger partial charge in [-0.2, -0.15) is 0 Å².